The highest BCUT2D eigenvalue weighted by Crippen LogP contribution is 2.40. The van der Waals surface area contributed by atoms with E-state index in [1.54, 1.807) is 0 Å². The molecule has 3 rings (SSSR count). The maximum absolute atomic E-state index is 5.85. The zero-order chi connectivity index (χ0) is 12.6. The van der Waals surface area contributed by atoms with Crippen LogP contribution in [0.2, 0.25) is 0 Å². The van der Waals surface area contributed by atoms with Crippen LogP contribution in [0.3, 0.4) is 0 Å². The lowest BCUT2D eigenvalue weighted by Crippen LogP contribution is -2.41. The first-order chi connectivity index (χ1) is 8.68. The fourth-order valence-electron chi connectivity index (χ4n) is 2.77. The third kappa shape index (κ3) is 2.82. The van der Waals surface area contributed by atoms with E-state index < -0.39 is 0 Å². The van der Waals surface area contributed by atoms with Gasteiger partial charge in [-0.05, 0) is 54.6 Å². The molecule has 2 aliphatic rings. The second kappa shape index (κ2) is 5.23. The molecule has 1 saturated carbocycles. The van der Waals surface area contributed by atoms with Crippen LogP contribution in [0.25, 0.3) is 0 Å². The number of nitrogens with one attached hydrogen (secondary N) is 1. The average Bonchev–Trinajstić information content (AvgIpc) is 3.00. The third-order valence-corrected chi connectivity index (χ3v) is 6.00. The van der Waals surface area contributed by atoms with Crippen molar-refractivity contribution in [3.05, 3.63) is 20.8 Å². The monoisotopic (exact) mass is 329 g/mol. The minimum atomic E-state index is 0.298. The van der Waals surface area contributed by atoms with Crippen LogP contribution in [0.1, 0.15) is 31.1 Å². The predicted octanol–water partition coefficient (Wildman–Crippen LogP) is 3.60. The zero-order valence-corrected chi connectivity index (χ0v) is 13.1. The first-order valence-corrected chi connectivity index (χ1v) is 8.43. The van der Waals surface area contributed by atoms with Crippen LogP contribution in [0.4, 0.5) is 0 Å². The van der Waals surface area contributed by atoms with Crippen LogP contribution in [-0.4, -0.2) is 25.3 Å². The van der Waals surface area contributed by atoms with Crippen LogP contribution in [0.5, 0.6) is 0 Å². The van der Waals surface area contributed by atoms with E-state index in [0.717, 1.165) is 25.6 Å². The van der Waals surface area contributed by atoms with Gasteiger partial charge in [0.15, 0.2) is 0 Å². The molecule has 18 heavy (non-hydrogen) atoms. The largest absolute Gasteiger partial charge is 0.378 e. The zero-order valence-electron chi connectivity index (χ0n) is 10.7. The first-order valence-electron chi connectivity index (χ1n) is 6.76. The number of rotatable bonds is 5. The summed E-state index contributed by atoms with van der Waals surface area (Å²) in [6.45, 7) is 4.26. The second-order valence-electron chi connectivity index (χ2n) is 5.69. The molecule has 1 aromatic heterocycles. The Labute approximate surface area is 121 Å². The fourth-order valence-corrected chi connectivity index (χ4v) is 4.38. The molecule has 2 heterocycles. The van der Waals surface area contributed by atoms with E-state index in [1.807, 2.05) is 11.3 Å². The summed E-state index contributed by atoms with van der Waals surface area (Å²) >= 11 is 5.41. The number of thiophene rings is 1. The Bertz CT molecular complexity index is 418. The van der Waals surface area contributed by atoms with Crippen molar-refractivity contribution in [2.75, 3.05) is 13.2 Å². The summed E-state index contributed by atoms with van der Waals surface area (Å²) in [7, 11) is 0. The average molecular weight is 330 g/mol. The van der Waals surface area contributed by atoms with Gasteiger partial charge in [0, 0.05) is 39.3 Å². The van der Waals surface area contributed by atoms with Crippen molar-refractivity contribution in [1.29, 1.82) is 0 Å². The van der Waals surface area contributed by atoms with Gasteiger partial charge in [-0.2, -0.15) is 0 Å². The third-order valence-electron chi connectivity index (χ3n) is 4.30. The van der Waals surface area contributed by atoms with Crippen molar-refractivity contribution in [2.24, 2.45) is 5.41 Å². The van der Waals surface area contributed by atoms with Gasteiger partial charge in [0.05, 0.1) is 6.10 Å². The molecule has 0 spiro atoms. The van der Waals surface area contributed by atoms with Gasteiger partial charge < -0.3 is 10.1 Å². The van der Waals surface area contributed by atoms with Gasteiger partial charge in [-0.3, -0.25) is 0 Å². The molecule has 1 aromatic rings. The molecule has 2 fully saturated rings. The Morgan fingerprint density at radius 2 is 2.39 bits per heavy atom. The van der Waals surface area contributed by atoms with Crippen molar-refractivity contribution >= 4 is 27.3 Å². The number of hydrogen-bond donors (Lipinski definition) is 1. The molecule has 100 valence electrons. The van der Waals surface area contributed by atoms with Crippen LogP contribution in [-0.2, 0) is 11.2 Å². The lowest BCUT2D eigenvalue weighted by molar-refractivity contribution is 0.0632. The second-order valence-corrected chi connectivity index (χ2v) is 7.60. The fraction of sp³-hybridized carbons (Fsp3) is 0.714. The van der Waals surface area contributed by atoms with Crippen molar-refractivity contribution < 1.29 is 4.74 Å². The molecule has 0 radical (unpaired) electrons. The maximum atomic E-state index is 5.85. The van der Waals surface area contributed by atoms with Crippen LogP contribution < -0.4 is 5.32 Å². The molecule has 1 aliphatic heterocycles. The van der Waals surface area contributed by atoms with Crippen LogP contribution in [0.15, 0.2) is 15.9 Å². The standard InChI is InChI=1S/C14H20BrNOS/c1-10-14(4-5-17-10,9-16-12-2-3-12)7-13-6-11(15)8-18-13/h6,8,10,12,16H,2-5,7,9H2,1H3. The Morgan fingerprint density at radius 3 is 2.94 bits per heavy atom. The van der Waals surface area contributed by atoms with E-state index in [-0.39, 0.29) is 0 Å². The topological polar surface area (TPSA) is 21.3 Å². The molecule has 4 heteroatoms. The molecule has 0 amide bonds. The molecular formula is C14H20BrNOS. The number of ether oxygens (including phenoxy) is 1. The predicted molar refractivity (Wildman–Crippen MR) is 79.2 cm³/mol. The maximum Gasteiger partial charge on any atom is 0.0619 e. The molecule has 2 atom stereocenters. The smallest absolute Gasteiger partial charge is 0.0619 e. The molecule has 2 nitrogen and oxygen atoms in total. The molecule has 1 N–H and O–H groups in total. The lowest BCUT2D eigenvalue weighted by Gasteiger charge is -2.32. The Hall–Kier alpha value is 0.1000. The van der Waals surface area contributed by atoms with Gasteiger partial charge in [0.25, 0.3) is 0 Å². The molecule has 2 unspecified atom stereocenters. The Kier molecular flexibility index (Phi) is 3.81. The van der Waals surface area contributed by atoms with Crippen LogP contribution in [0, 0.1) is 5.41 Å². The molecule has 0 bridgehead atoms. The summed E-state index contributed by atoms with van der Waals surface area (Å²) in [4.78, 5) is 1.47. The van der Waals surface area contributed by atoms with Gasteiger partial charge in [0.1, 0.15) is 0 Å². The SMILES string of the molecule is CC1OCCC1(CNC1CC1)Cc1cc(Br)cs1. The van der Waals surface area contributed by atoms with E-state index in [9.17, 15) is 0 Å². The quantitative estimate of drug-likeness (QED) is 0.891. The minimum Gasteiger partial charge on any atom is -0.378 e. The number of halogens is 1. The lowest BCUT2D eigenvalue weighted by atomic mass is 9.78. The van der Waals surface area contributed by atoms with E-state index in [4.69, 9.17) is 4.74 Å². The van der Waals surface area contributed by atoms with Gasteiger partial charge in [-0.15, -0.1) is 11.3 Å². The summed E-state index contributed by atoms with van der Waals surface area (Å²) in [5.74, 6) is 0. The summed E-state index contributed by atoms with van der Waals surface area (Å²) in [5, 5.41) is 5.89. The Balaban J connectivity index is 1.71. The van der Waals surface area contributed by atoms with E-state index >= 15 is 0 Å². The summed E-state index contributed by atoms with van der Waals surface area (Å²) < 4.78 is 7.06. The molecular weight excluding hydrogens is 310 g/mol. The molecule has 1 saturated heterocycles. The minimum absolute atomic E-state index is 0.298. The van der Waals surface area contributed by atoms with Gasteiger partial charge in [-0.1, -0.05) is 0 Å². The highest BCUT2D eigenvalue weighted by atomic mass is 79.9. The highest BCUT2D eigenvalue weighted by Gasteiger charge is 2.42. The van der Waals surface area contributed by atoms with Crippen molar-refractivity contribution in [1.82, 2.24) is 5.32 Å². The van der Waals surface area contributed by atoms with Crippen molar-refractivity contribution in [2.45, 2.75) is 44.8 Å². The van der Waals surface area contributed by atoms with Gasteiger partial charge >= 0.3 is 0 Å². The highest BCUT2D eigenvalue weighted by molar-refractivity contribution is 9.10. The van der Waals surface area contributed by atoms with Gasteiger partial charge in [-0.25, -0.2) is 0 Å². The van der Waals surface area contributed by atoms with Gasteiger partial charge in [0.2, 0.25) is 0 Å². The first kappa shape index (κ1) is 13.1. The van der Waals surface area contributed by atoms with Crippen LogP contribution >= 0.6 is 27.3 Å². The summed E-state index contributed by atoms with van der Waals surface area (Å²) in [5.41, 5.74) is 0.298. The summed E-state index contributed by atoms with van der Waals surface area (Å²) in [6.07, 6.45) is 5.41. The van der Waals surface area contributed by atoms with Crippen molar-refractivity contribution in [3.8, 4) is 0 Å². The van der Waals surface area contributed by atoms with E-state index in [1.165, 1.54) is 28.6 Å². The van der Waals surface area contributed by atoms with E-state index in [0.29, 0.717) is 11.5 Å². The summed E-state index contributed by atoms with van der Waals surface area (Å²) in [6, 6.07) is 3.04. The number of hydrogen-bond acceptors (Lipinski definition) is 3. The van der Waals surface area contributed by atoms with Crippen molar-refractivity contribution in [3.63, 3.8) is 0 Å². The normalized spacial score (nSPS) is 32.0. The molecule has 1 aliphatic carbocycles. The molecule has 0 aromatic carbocycles. The van der Waals surface area contributed by atoms with E-state index in [2.05, 4.69) is 39.6 Å². The Morgan fingerprint density at radius 1 is 1.56 bits per heavy atom.